The highest BCUT2D eigenvalue weighted by atomic mass is 32.2. The van der Waals surface area contributed by atoms with Crippen LogP contribution in [0.25, 0.3) is 0 Å². The maximum atomic E-state index is 13.0. The number of halogens is 2. The Labute approximate surface area is 154 Å². The second kappa shape index (κ2) is 10.1. The van der Waals surface area contributed by atoms with Gasteiger partial charge in [0.1, 0.15) is 0 Å². The van der Waals surface area contributed by atoms with E-state index in [1.165, 1.54) is 6.07 Å². The Hall–Kier alpha value is -2.16. The fourth-order valence-electron chi connectivity index (χ4n) is 2.49. The van der Waals surface area contributed by atoms with Crippen molar-refractivity contribution in [2.45, 2.75) is 43.0 Å². The summed E-state index contributed by atoms with van der Waals surface area (Å²) in [6.07, 6.45) is 3.89. The van der Waals surface area contributed by atoms with Gasteiger partial charge in [0, 0.05) is 16.7 Å². The normalized spacial score (nSPS) is 14.1. The molecule has 0 radical (unpaired) electrons. The summed E-state index contributed by atoms with van der Waals surface area (Å²) in [6.45, 7) is -0.549. The van der Waals surface area contributed by atoms with Gasteiger partial charge in [-0.05, 0) is 31.0 Å². The molecule has 1 aromatic rings. The maximum Gasteiger partial charge on any atom is 0.321 e. The van der Waals surface area contributed by atoms with Crippen molar-refractivity contribution in [1.29, 1.82) is 0 Å². The number of benzene rings is 1. The minimum absolute atomic E-state index is 0.00872. The Morgan fingerprint density at radius 3 is 2.58 bits per heavy atom. The molecule has 1 aromatic carbocycles. The lowest BCUT2D eigenvalue weighted by molar-refractivity contribution is -0.147. The van der Waals surface area contributed by atoms with Crippen molar-refractivity contribution in [3.63, 3.8) is 0 Å². The molecule has 1 aliphatic rings. The molecule has 9 heteroatoms. The highest BCUT2D eigenvalue weighted by Gasteiger charge is 2.18. The third-order valence-corrected chi connectivity index (χ3v) is 4.77. The number of imide groups is 1. The molecule has 1 saturated carbocycles. The zero-order valence-electron chi connectivity index (χ0n) is 14.1. The molecule has 2 N–H and O–H groups in total. The lowest BCUT2D eigenvalue weighted by Gasteiger charge is -2.12. The van der Waals surface area contributed by atoms with Crippen LogP contribution in [0.3, 0.4) is 0 Å². The topological polar surface area (TPSA) is 84.5 Å². The molecule has 0 aliphatic heterocycles. The van der Waals surface area contributed by atoms with Gasteiger partial charge in [-0.15, -0.1) is 11.8 Å². The number of rotatable bonds is 7. The van der Waals surface area contributed by atoms with Crippen molar-refractivity contribution in [1.82, 2.24) is 10.6 Å². The number of esters is 1. The van der Waals surface area contributed by atoms with Gasteiger partial charge in [0.05, 0.1) is 6.42 Å². The number of hydrogen-bond acceptors (Lipinski definition) is 5. The van der Waals surface area contributed by atoms with Crippen molar-refractivity contribution in [3.8, 4) is 0 Å². The Balaban J connectivity index is 1.59. The molecular formula is C17H20F2N2O4S. The van der Waals surface area contributed by atoms with Crippen molar-refractivity contribution < 1.29 is 27.9 Å². The van der Waals surface area contributed by atoms with Crippen molar-refractivity contribution in [3.05, 3.63) is 29.8 Å². The van der Waals surface area contributed by atoms with Gasteiger partial charge in [-0.2, -0.15) is 0 Å². The van der Waals surface area contributed by atoms with Gasteiger partial charge in [0.2, 0.25) is 0 Å². The predicted octanol–water partition coefficient (Wildman–Crippen LogP) is 2.76. The van der Waals surface area contributed by atoms with E-state index >= 15 is 0 Å². The summed E-state index contributed by atoms with van der Waals surface area (Å²) in [5, 5.41) is 4.79. The van der Waals surface area contributed by atoms with Crippen LogP contribution in [0.5, 0.6) is 0 Å². The molecule has 0 spiro atoms. The molecule has 1 aliphatic carbocycles. The third kappa shape index (κ3) is 6.99. The lowest BCUT2D eigenvalue weighted by atomic mass is 10.2. The van der Waals surface area contributed by atoms with Gasteiger partial charge in [0.15, 0.2) is 18.2 Å². The van der Waals surface area contributed by atoms with Gasteiger partial charge < -0.3 is 10.1 Å². The Morgan fingerprint density at radius 2 is 1.88 bits per heavy atom. The molecule has 3 amide bonds. The van der Waals surface area contributed by atoms with Crippen LogP contribution >= 0.6 is 11.8 Å². The molecule has 0 unspecified atom stereocenters. The van der Waals surface area contributed by atoms with Gasteiger partial charge >= 0.3 is 12.0 Å². The standard InChI is InChI=1S/C17H20F2N2O4S/c18-13-6-5-12(9-14(13)19)26-8-7-16(23)25-10-15(22)21-17(24)20-11-3-1-2-4-11/h5-6,9,11H,1-4,7-8,10H2,(H2,20,21,22,24). The summed E-state index contributed by atoms with van der Waals surface area (Å²) >= 11 is 1.16. The summed E-state index contributed by atoms with van der Waals surface area (Å²) in [5.74, 6) is -2.93. The first-order valence-corrected chi connectivity index (χ1v) is 9.26. The first-order chi connectivity index (χ1) is 12.4. The van der Waals surface area contributed by atoms with Crippen LogP contribution < -0.4 is 10.6 Å². The van der Waals surface area contributed by atoms with E-state index in [9.17, 15) is 23.2 Å². The van der Waals surface area contributed by atoms with Crippen molar-refractivity contribution >= 4 is 29.7 Å². The van der Waals surface area contributed by atoms with E-state index in [2.05, 4.69) is 10.6 Å². The second-order valence-electron chi connectivity index (χ2n) is 5.84. The van der Waals surface area contributed by atoms with Crippen molar-refractivity contribution in [2.75, 3.05) is 12.4 Å². The maximum absolute atomic E-state index is 13.0. The molecule has 0 heterocycles. The smallest absolute Gasteiger partial charge is 0.321 e. The number of carbonyl (C=O) groups is 3. The van der Waals surface area contributed by atoms with E-state index in [0.717, 1.165) is 49.6 Å². The summed E-state index contributed by atoms with van der Waals surface area (Å²) in [6, 6.07) is 2.95. The molecule has 0 bridgehead atoms. The average Bonchev–Trinajstić information content (AvgIpc) is 3.09. The van der Waals surface area contributed by atoms with Crippen molar-refractivity contribution in [2.24, 2.45) is 0 Å². The Morgan fingerprint density at radius 1 is 1.15 bits per heavy atom. The summed E-state index contributed by atoms with van der Waals surface area (Å²) in [7, 11) is 0. The summed E-state index contributed by atoms with van der Waals surface area (Å²) in [5.41, 5.74) is 0. The highest BCUT2D eigenvalue weighted by Crippen LogP contribution is 2.21. The number of ether oxygens (including phenoxy) is 1. The zero-order chi connectivity index (χ0) is 18.9. The van der Waals surface area contributed by atoms with Gasteiger partial charge in [-0.25, -0.2) is 13.6 Å². The number of hydrogen-bond donors (Lipinski definition) is 2. The predicted molar refractivity (Wildman–Crippen MR) is 91.6 cm³/mol. The molecule has 6 nitrogen and oxygen atoms in total. The minimum atomic E-state index is -0.954. The number of carbonyl (C=O) groups excluding carboxylic acids is 3. The summed E-state index contributed by atoms with van der Waals surface area (Å²) < 4.78 is 30.6. The molecule has 2 rings (SSSR count). The van der Waals surface area contributed by atoms with Crippen LogP contribution in [0.15, 0.2) is 23.1 Å². The second-order valence-corrected chi connectivity index (χ2v) is 7.01. The molecule has 0 aromatic heterocycles. The number of urea groups is 1. The molecular weight excluding hydrogens is 366 g/mol. The quantitative estimate of drug-likeness (QED) is 0.556. The third-order valence-electron chi connectivity index (χ3n) is 3.77. The Kier molecular flexibility index (Phi) is 7.83. The monoisotopic (exact) mass is 386 g/mol. The van der Waals surface area contributed by atoms with Gasteiger partial charge in [-0.1, -0.05) is 12.8 Å². The number of nitrogens with one attached hydrogen (secondary N) is 2. The van der Waals surface area contributed by atoms with Crippen LogP contribution in [0.2, 0.25) is 0 Å². The Bertz CT molecular complexity index is 666. The van der Waals surface area contributed by atoms with Crippen LogP contribution in [0.4, 0.5) is 13.6 Å². The van der Waals surface area contributed by atoms with Crippen LogP contribution in [-0.4, -0.2) is 36.3 Å². The van der Waals surface area contributed by atoms with Crippen LogP contribution in [0.1, 0.15) is 32.1 Å². The van der Waals surface area contributed by atoms with E-state index in [-0.39, 0.29) is 18.2 Å². The largest absolute Gasteiger partial charge is 0.456 e. The minimum Gasteiger partial charge on any atom is -0.456 e. The lowest BCUT2D eigenvalue weighted by Crippen LogP contribution is -2.45. The first kappa shape index (κ1) is 20.2. The average molecular weight is 386 g/mol. The molecule has 0 saturated heterocycles. The highest BCUT2D eigenvalue weighted by molar-refractivity contribution is 7.99. The SMILES string of the molecule is O=C(COC(=O)CCSc1ccc(F)c(F)c1)NC(=O)NC1CCCC1. The van der Waals surface area contributed by atoms with E-state index in [1.54, 1.807) is 0 Å². The van der Waals surface area contributed by atoms with E-state index in [1.807, 2.05) is 0 Å². The van der Waals surface area contributed by atoms with Gasteiger partial charge in [0.25, 0.3) is 5.91 Å². The molecule has 26 heavy (non-hydrogen) atoms. The number of thioether (sulfide) groups is 1. The fourth-order valence-corrected chi connectivity index (χ4v) is 3.35. The van der Waals surface area contributed by atoms with Gasteiger partial charge in [-0.3, -0.25) is 14.9 Å². The van der Waals surface area contributed by atoms with Crippen LogP contribution in [-0.2, 0) is 14.3 Å². The van der Waals surface area contributed by atoms with Crippen LogP contribution in [0, 0.1) is 11.6 Å². The zero-order valence-corrected chi connectivity index (χ0v) is 14.9. The number of amides is 3. The molecule has 142 valence electrons. The summed E-state index contributed by atoms with van der Waals surface area (Å²) in [4.78, 5) is 35.2. The molecule has 1 fully saturated rings. The van der Waals surface area contributed by atoms with E-state index in [4.69, 9.17) is 4.74 Å². The fraction of sp³-hybridized carbons (Fsp3) is 0.471. The molecule has 0 atom stereocenters. The van der Waals surface area contributed by atoms with E-state index < -0.39 is 36.1 Å². The van der Waals surface area contributed by atoms with E-state index in [0.29, 0.717) is 4.90 Å². The first-order valence-electron chi connectivity index (χ1n) is 8.28.